The zero-order valence-corrected chi connectivity index (χ0v) is 17.5. The number of carbonyl (C=O) groups is 1. The number of aromatic nitrogens is 3. The third-order valence-electron chi connectivity index (χ3n) is 4.29. The van der Waals surface area contributed by atoms with E-state index >= 15 is 0 Å². The molecule has 29 heavy (non-hydrogen) atoms. The third-order valence-corrected chi connectivity index (χ3v) is 6.06. The van der Waals surface area contributed by atoms with Crippen LogP contribution in [0.2, 0.25) is 0 Å². The van der Waals surface area contributed by atoms with Gasteiger partial charge in [0.1, 0.15) is 0 Å². The highest BCUT2D eigenvalue weighted by atomic mass is 32.2. The van der Waals surface area contributed by atoms with E-state index in [-0.39, 0.29) is 11.5 Å². The SMILES string of the molecule is CC(=O)Nc1nc(CSc2nc3ccccc3c(=O)n2-c2ccccc2C)cs1. The highest BCUT2D eigenvalue weighted by Crippen LogP contribution is 2.27. The minimum atomic E-state index is -0.150. The van der Waals surface area contributed by atoms with Crippen LogP contribution >= 0.6 is 23.1 Å². The number of anilines is 1. The number of thiazole rings is 1. The molecule has 0 saturated heterocycles. The normalized spacial score (nSPS) is 11.0. The van der Waals surface area contributed by atoms with Crippen LogP contribution in [0.15, 0.2) is 63.9 Å². The average Bonchev–Trinajstić information content (AvgIpc) is 3.14. The lowest BCUT2D eigenvalue weighted by atomic mass is 10.2. The van der Waals surface area contributed by atoms with Crippen LogP contribution < -0.4 is 10.9 Å². The molecule has 0 bridgehead atoms. The van der Waals surface area contributed by atoms with Gasteiger partial charge in [0.2, 0.25) is 5.91 Å². The van der Waals surface area contributed by atoms with E-state index in [0.717, 1.165) is 16.9 Å². The Morgan fingerprint density at radius 2 is 1.90 bits per heavy atom. The maximum atomic E-state index is 13.3. The summed E-state index contributed by atoms with van der Waals surface area (Å²) in [4.78, 5) is 33.7. The first-order valence-corrected chi connectivity index (χ1v) is 10.8. The maximum Gasteiger partial charge on any atom is 0.266 e. The van der Waals surface area contributed by atoms with Crippen molar-refractivity contribution in [1.29, 1.82) is 0 Å². The minimum Gasteiger partial charge on any atom is -0.302 e. The van der Waals surface area contributed by atoms with Crippen LogP contribution in [0.4, 0.5) is 5.13 Å². The lowest BCUT2D eigenvalue weighted by Gasteiger charge is -2.14. The first kappa shape index (κ1) is 19.4. The molecular formula is C21H18N4O2S2. The van der Waals surface area contributed by atoms with Crippen molar-refractivity contribution in [2.45, 2.75) is 24.8 Å². The topological polar surface area (TPSA) is 76.9 Å². The van der Waals surface area contributed by atoms with Crippen LogP contribution in [0, 0.1) is 6.92 Å². The zero-order valence-electron chi connectivity index (χ0n) is 15.9. The van der Waals surface area contributed by atoms with E-state index < -0.39 is 0 Å². The van der Waals surface area contributed by atoms with Crippen LogP contribution in [0.5, 0.6) is 0 Å². The summed E-state index contributed by atoms with van der Waals surface area (Å²) < 4.78 is 1.67. The lowest BCUT2D eigenvalue weighted by molar-refractivity contribution is -0.114. The number of fused-ring (bicyclic) bond motifs is 1. The van der Waals surface area contributed by atoms with Gasteiger partial charge < -0.3 is 5.32 Å². The van der Waals surface area contributed by atoms with Crippen molar-refractivity contribution in [3.05, 3.63) is 75.5 Å². The standard InChI is InChI=1S/C21H18N4O2S2/c1-13-7-3-6-10-18(13)25-19(27)16-8-4-5-9-17(16)24-21(25)29-12-15-11-28-20(23-15)22-14(2)26/h3-11H,12H2,1-2H3,(H,22,23,26). The van der Waals surface area contributed by atoms with Gasteiger partial charge in [-0.05, 0) is 30.7 Å². The molecule has 0 aliphatic rings. The van der Waals surface area contributed by atoms with Gasteiger partial charge in [-0.1, -0.05) is 42.1 Å². The Hall–Kier alpha value is -2.97. The molecular weight excluding hydrogens is 404 g/mol. The number of hydrogen-bond donors (Lipinski definition) is 1. The number of benzene rings is 2. The molecule has 0 saturated carbocycles. The molecule has 146 valence electrons. The zero-order chi connectivity index (χ0) is 20.4. The number of nitrogens with zero attached hydrogens (tertiary/aromatic N) is 3. The third kappa shape index (κ3) is 4.08. The van der Waals surface area contributed by atoms with E-state index in [9.17, 15) is 9.59 Å². The van der Waals surface area contributed by atoms with Crippen molar-refractivity contribution in [2.24, 2.45) is 0 Å². The fraction of sp³-hybridized carbons (Fsp3) is 0.143. The predicted octanol–water partition coefficient (Wildman–Crippen LogP) is 4.40. The van der Waals surface area contributed by atoms with Crippen molar-refractivity contribution in [3.63, 3.8) is 0 Å². The summed E-state index contributed by atoms with van der Waals surface area (Å²) in [5.74, 6) is 0.385. The average molecular weight is 423 g/mol. The second-order valence-corrected chi connectivity index (χ2v) is 8.25. The molecule has 0 spiro atoms. The number of thioether (sulfide) groups is 1. The Kier molecular flexibility index (Phi) is 5.46. The highest BCUT2D eigenvalue weighted by molar-refractivity contribution is 7.98. The van der Waals surface area contributed by atoms with E-state index in [1.807, 2.05) is 54.8 Å². The first-order chi connectivity index (χ1) is 14.0. The van der Waals surface area contributed by atoms with E-state index in [2.05, 4.69) is 10.3 Å². The molecule has 0 atom stereocenters. The number of hydrogen-bond acceptors (Lipinski definition) is 6. The summed E-state index contributed by atoms with van der Waals surface area (Å²) in [7, 11) is 0. The summed E-state index contributed by atoms with van der Waals surface area (Å²) in [6.45, 7) is 3.43. The number of amides is 1. The quantitative estimate of drug-likeness (QED) is 0.381. The molecule has 6 nitrogen and oxygen atoms in total. The summed E-state index contributed by atoms with van der Waals surface area (Å²) >= 11 is 2.82. The van der Waals surface area contributed by atoms with Gasteiger partial charge in [0.25, 0.3) is 5.56 Å². The van der Waals surface area contributed by atoms with Crippen LogP contribution in [-0.4, -0.2) is 20.4 Å². The molecule has 8 heteroatoms. The minimum absolute atomic E-state index is 0.0930. The Balaban J connectivity index is 1.76. The smallest absolute Gasteiger partial charge is 0.266 e. The molecule has 1 N–H and O–H groups in total. The van der Waals surface area contributed by atoms with Gasteiger partial charge in [-0.15, -0.1) is 11.3 Å². The molecule has 0 unspecified atom stereocenters. The molecule has 1 amide bonds. The fourth-order valence-electron chi connectivity index (χ4n) is 2.96. The Morgan fingerprint density at radius 3 is 2.69 bits per heavy atom. The van der Waals surface area contributed by atoms with Gasteiger partial charge in [0.05, 0.1) is 22.3 Å². The van der Waals surface area contributed by atoms with Gasteiger partial charge in [0.15, 0.2) is 10.3 Å². The molecule has 4 aromatic rings. The van der Waals surface area contributed by atoms with Gasteiger partial charge in [-0.2, -0.15) is 0 Å². The van der Waals surface area contributed by atoms with Crippen molar-refractivity contribution in [1.82, 2.24) is 14.5 Å². The summed E-state index contributed by atoms with van der Waals surface area (Å²) in [6.07, 6.45) is 0. The van der Waals surface area contributed by atoms with Crippen LogP contribution in [0.3, 0.4) is 0 Å². The Bertz CT molecular complexity index is 1260. The van der Waals surface area contributed by atoms with Crippen molar-refractivity contribution in [3.8, 4) is 5.69 Å². The second kappa shape index (κ2) is 8.18. The van der Waals surface area contributed by atoms with Crippen molar-refractivity contribution >= 4 is 45.0 Å². The molecule has 0 fully saturated rings. The Morgan fingerprint density at radius 1 is 1.14 bits per heavy atom. The van der Waals surface area contributed by atoms with Crippen LogP contribution in [0.1, 0.15) is 18.2 Å². The molecule has 2 heterocycles. The number of nitrogens with one attached hydrogen (secondary N) is 1. The van der Waals surface area contributed by atoms with E-state index in [1.54, 1.807) is 10.6 Å². The van der Waals surface area contributed by atoms with Gasteiger partial charge in [-0.3, -0.25) is 14.2 Å². The fourth-order valence-corrected chi connectivity index (χ4v) is 4.72. The van der Waals surface area contributed by atoms with Crippen LogP contribution in [0.25, 0.3) is 16.6 Å². The molecule has 2 aromatic heterocycles. The Labute approximate surface area is 175 Å². The van der Waals surface area contributed by atoms with Gasteiger partial charge >= 0.3 is 0 Å². The molecule has 0 radical (unpaired) electrons. The van der Waals surface area contributed by atoms with E-state index in [4.69, 9.17) is 4.98 Å². The maximum absolute atomic E-state index is 13.3. The van der Waals surface area contributed by atoms with E-state index in [1.165, 1.54) is 30.0 Å². The highest BCUT2D eigenvalue weighted by Gasteiger charge is 2.15. The largest absolute Gasteiger partial charge is 0.302 e. The summed E-state index contributed by atoms with van der Waals surface area (Å²) in [6, 6.07) is 15.1. The molecule has 0 aliphatic heterocycles. The van der Waals surface area contributed by atoms with Crippen LogP contribution in [-0.2, 0) is 10.5 Å². The van der Waals surface area contributed by atoms with Gasteiger partial charge in [-0.25, -0.2) is 9.97 Å². The van der Waals surface area contributed by atoms with Crippen molar-refractivity contribution in [2.75, 3.05) is 5.32 Å². The van der Waals surface area contributed by atoms with E-state index in [0.29, 0.717) is 26.9 Å². The number of carbonyl (C=O) groups excluding carboxylic acids is 1. The van der Waals surface area contributed by atoms with Crippen molar-refractivity contribution < 1.29 is 4.79 Å². The first-order valence-electron chi connectivity index (χ1n) is 8.95. The second-order valence-electron chi connectivity index (χ2n) is 6.45. The lowest BCUT2D eigenvalue weighted by Crippen LogP contribution is -2.22. The number of aryl methyl sites for hydroxylation is 1. The predicted molar refractivity (Wildman–Crippen MR) is 118 cm³/mol. The molecule has 2 aromatic carbocycles. The molecule has 0 aliphatic carbocycles. The summed E-state index contributed by atoms with van der Waals surface area (Å²) in [5, 5.41) is 6.35. The van der Waals surface area contributed by atoms with Gasteiger partial charge in [0, 0.05) is 18.1 Å². The molecule has 4 rings (SSSR count). The number of rotatable bonds is 5. The summed E-state index contributed by atoms with van der Waals surface area (Å²) in [5.41, 5.74) is 3.21. The number of para-hydroxylation sites is 2. The monoisotopic (exact) mass is 422 g/mol.